The van der Waals surface area contributed by atoms with E-state index in [4.69, 9.17) is 14.9 Å². The highest BCUT2D eigenvalue weighted by Crippen LogP contribution is 2.29. The van der Waals surface area contributed by atoms with Gasteiger partial charge in [0.1, 0.15) is 17.8 Å². The van der Waals surface area contributed by atoms with E-state index in [0.29, 0.717) is 6.54 Å². The lowest BCUT2D eigenvalue weighted by Crippen LogP contribution is -2.53. The molecule has 0 aromatic heterocycles. The van der Waals surface area contributed by atoms with Crippen molar-refractivity contribution < 1.29 is 37.3 Å². The Morgan fingerprint density at radius 3 is 2.08 bits per heavy atom. The number of carbonyl (C=O) groups excluding carboxylic acids is 1. The van der Waals surface area contributed by atoms with Gasteiger partial charge in [-0.25, -0.2) is 22.4 Å². The Morgan fingerprint density at radius 1 is 1.12 bits per heavy atom. The Balaban J connectivity index is 0.000000293. The van der Waals surface area contributed by atoms with Crippen LogP contribution in [-0.2, 0) is 4.74 Å². The van der Waals surface area contributed by atoms with Gasteiger partial charge in [0.05, 0.1) is 6.54 Å². The van der Waals surface area contributed by atoms with Gasteiger partial charge in [0.25, 0.3) is 11.8 Å². The molecular formula is C15H26F4N2O4. The summed E-state index contributed by atoms with van der Waals surface area (Å²) in [6.07, 6.45) is -4.76. The van der Waals surface area contributed by atoms with Crippen molar-refractivity contribution in [3.05, 3.63) is 0 Å². The van der Waals surface area contributed by atoms with Crippen molar-refractivity contribution in [2.45, 2.75) is 63.3 Å². The predicted molar refractivity (Wildman–Crippen MR) is 81.8 cm³/mol. The second-order valence-corrected chi connectivity index (χ2v) is 7.18. The highest BCUT2D eigenvalue weighted by molar-refractivity contribution is 5.68. The van der Waals surface area contributed by atoms with Crippen LogP contribution in [0, 0.1) is 0 Å². The number of β-amino-alcohol motifs (C(OH)–C–C–N with tert-alkyl or cyclic N) is 2. The lowest BCUT2D eigenvalue weighted by atomic mass is 10.0. The smallest absolute Gasteiger partial charge is 0.410 e. The fraction of sp³-hybridized carbons (Fsp3) is 0.933. The molecule has 0 radical (unpaired) electrons. The molecule has 0 aromatic rings. The number of aliphatic hydroxyl groups is 2. The quantitative estimate of drug-likeness (QED) is 0.561. The third-order valence-corrected chi connectivity index (χ3v) is 3.71. The highest BCUT2D eigenvalue weighted by Gasteiger charge is 2.45. The maximum Gasteiger partial charge on any atom is 0.410 e. The van der Waals surface area contributed by atoms with E-state index in [1.165, 1.54) is 0 Å². The van der Waals surface area contributed by atoms with Crippen LogP contribution in [0.15, 0.2) is 0 Å². The molecule has 0 aromatic carbocycles. The van der Waals surface area contributed by atoms with E-state index < -0.39 is 42.2 Å². The van der Waals surface area contributed by atoms with Crippen LogP contribution >= 0.6 is 0 Å². The summed E-state index contributed by atoms with van der Waals surface area (Å²) < 4.78 is 55.5. The zero-order valence-electron chi connectivity index (χ0n) is 14.6. The van der Waals surface area contributed by atoms with Crippen molar-refractivity contribution >= 4 is 6.09 Å². The van der Waals surface area contributed by atoms with Crippen LogP contribution in [0.1, 0.15) is 33.6 Å². The van der Waals surface area contributed by atoms with E-state index in [9.17, 15) is 22.4 Å². The zero-order chi connectivity index (χ0) is 19.5. The van der Waals surface area contributed by atoms with Gasteiger partial charge in [-0.05, 0) is 20.8 Å². The van der Waals surface area contributed by atoms with Gasteiger partial charge in [0, 0.05) is 32.5 Å². The summed E-state index contributed by atoms with van der Waals surface area (Å²) in [5.41, 5.74) is -0.665. The first kappa shape index (κ1) is 21.9. The summed E-state index contributed by atoms with van der Waals surface area (Å²) in [6.45, 7) is 4.90. The van der Waals surface area contributed by atoms with E-state index in [2.05, 4.69) is 5.32 Å². The van der Waals surface area contributed by atoms with Gasteiger partial charge in [0.15, 0.2) is 0 Å². The second-order valence-electron chi connectivity index (χ2n) is 7.18. The summed E-state index contributed by atoms with van der Waals surface area (Å²) in [7, 11) is 0. The van der Waals surface area contributed by atoms with Crippen molar-refractivity contribution in [2.24, 2.45) is 0 Å². The van der Waals surface area contributed by atoms with Crippen LogP contribution in [0.2, 0.25) is 0 Å². The molecule has 2 unspecified atom stereocenters. The average Bonchev–Trinajstić information content (AvgIpc) is 2.44. The molecule has 3 N–H and O–H groups in total. The van der Waals surface area contributed by atoms with Gasteiger partial charge < -0.3 is 25.2 Å². The molecule has 1 amide bonds. The Morgan fingerprint density at radius 2 is 1.68 bits per heavy atom. The molecule has 0 bridgehead atoms. The van der Waals surface area contributed by atoms with Crippen molar-refractivity contribution in [2.75, 3.05) is 26.2 Å². The van der Waals surface area contributed by atoms with Gasteiger partial charge in [-0.1, -0.05) is 0 Å². The van der Waals surface area contributed by atoms with E-state index in [-0.39, 0.29) is 26.1 Å². The van der Waals surface area contributed by atoms with Crippen molar-refractivity contribution in [1.82, 2.24) is 10.2 Å². The van der Waals surface area contributed by atoms with Gasteiger partial charge >= 0.3 is 6.09 Å². The molecule has 6 nitrogen and oxygen atoms in total. The average molecular weight is 374 g/mol. The number of ether oxygens (including phenoxy) is 1. The van der Waals surface area contributed by atoms with Gasteiger partial charge in [-0.3, -0.25) is 0 Å². The van der Waals surface area contributed by atoms with Crippen LogP contribution in [0.5, 0.6) is 0 Å². The summed E-state index contributed by atoms with van der Waals surface area (Å²) in [6, 6.07) is 0. The number of carbonyl (C=O) groups is 1. The Hall–Kier alpha value is -1.13. The number of amides is 1. The molecule has 10 heteroatoms. The largest absolute Gasteiger partial charge is 0.444 e. The fourth-order valence-electron chi connectivity index (χ4n) is 2.19. The number of halogens is 4. The van der Waals surface area contributed by atoms with E-state index in [1.807, 2.05) is 0 Å². The molecule has 148 valence electrons. The predicted octanol–water partition coefficient (Wildman–Crippen LogP) is 1.60. The molecule has 2 fully saturated rings. The number of aliphatic hydroxyl groups excluding tert-OH is 2. The normalized spacial score (nSPS) is 28.6. The minimum absolute atomic E-state index is 0.00694. The summed E-state index contributed by atoms with van der Waals surface area (Å²) in [4.78, 5) is 12.6. The molecule has 2 aliphatic rings. The highest BCUT2D eigenvalue weighted by atomic mass is 19.3. The topological polar surface area (TPSA) is 82.0 Å². The molecule has 0 spiro atoms. The molecule has 25 heavy (non-hydrogen) atoms. The number of alkyl halides is 4. The SMILES string of the molecule is CC(C)(C)OC(=O)N1CCC(F)(F)C(O)C1.OC1CNCCC1(F)F. The monoisotopic (exact) mass is 374 g/mol. The number of hydrogen-bond acceptors (Lipinski definition) is 5. The Labute approximate surface area is 144 Å². The van der Waals surface area contributed by atoms with Crippen LogP contribution in [0.25, 0.3) is 0 Å². The van der Waals surface area contributed by atoms with Crippen LogP contribution in [0.3, 0.4) is 0 Å². The first-order valence-electron chi connectivity index (χ1n) is 8.05. The molecule has 2 heterocycles. The van der Waals surface area contributed by atoms with Crippen molar-refractivity contribution in [3.8, 4) is 0 Å². The van der Waals surface area contributed by atoms with Gasteiger partial charge in [-0.15, -0.1) is 0 Å². The number of nitrogens with zero attached hydrogens (tertiary/aromatic N) is 1. The van der Waals surface area contributed by atoms with Gasteiger partial charge in [-0.2, -0.15) is 0 Å². The summed E-state index contributed by atoms with van der Waals surface area (Å²) in [5, 5.41) is 20.4. The minimum Gasteiger partial charge on any atom is -0.444 e. The lowest BCUT2D eigenvalue weighted by molar-refractivity contribution is -0.145. The van der Waals surface area contributed by atoms with E-state index >= 15 is 0 Å². The zero-order valence-corrected chi connectivity index (χ0v) is 14.6. The van der Waals surface area contributed by atoms with E-state index in [0.717, 1.165) is 4.90 Å². The molecule has 0 saturated carbocycles. The molecule has 2 saturated heterocycles. The number of hydrogen-bond donors (Lipinski definition) is 3. The van der Waals surface area contributed by atoms with Crippen molar-refractivity contribution in [1.29, 1.82) is 0 Å². The Kier molecular flexibility index (Phi) is 7.05. The molecule has 2 atom stereocenters. The maximum atomic E-state index is 12.9. The third kappa shape index (κ3) is 6.95. The minimum atomic E-state index is -3.11. The number of rotatable bonds is 0. The second kappa shape index (κ2) is 8.05. The van der Waals surface area contributed by atoms with Crippen LogP contribution in [0.4, 0.5) is 22.4 Å². The lowest BCUT2D eigenvalue weighted by Gasteiger charge is -2.36. The third-order valence-electron chi connectivity index (χ3n) is 3.71. The molecular weight excluding hydrogens is 348 g/mol. The Bertz CT molecular complexity index is 457. The first-order chi connectivity index (χ1) is 11.2. The number of nitrogens with one attached hydrogen (secondary N) is 1. The molecule has 0 aliphatic carbocycles. The number of likely N-dealkylation sites (tertiary alicyclic amines) is 1. The van der Waals surface area contributed by atoms with Crippen LogP contribution < -0.4 is 5.32 Å². The van der Waals surface area contributed by atoms with Crippen LogP contribution in [-0.4, -0.2) is 77.0 Å². The summed E-state index contributed by atoms with van der Waals surface area (Å²) >= 11 is 0. The molecule has 2 rings (SSSR count). The maximum absolute atomic E-state index is 12.9. The van der Waals surface area contributed by atoms with Gasteiger partial charge in [0.2, 0.25) is 0 Å². The van der Waals surface area contributed by atoms with Crippen molar-refractivity contribution in [3.63, 3.8) is 0 Å². The number of piperidine rings is 2. The molecule has 2 aliphatic heterocycles. The standard InChI is InChI=1S/C10H17F2NO3.C5H9F2NO/c1-9(2,3)16-8(15)13-5-4-10(11,12)7(14)6-13;6-5(7)1-2-8-3-4(5)9/h7,14H,4-6H2,1-3H3;4,8-9H,1-3H2. The fourth-order valence-corrected chi connectivity index (χ4v) is 2.19. The summed E-state index contributed by atoms with van der Waals surface area (Å²) in [5.74, 6) is -5.98. The first-order valence-corrected chi connectivity index (χ1v) is 8.05. The van der Waals surface area contributed by atoms with E-state index in [1.54, 1.807) is 20.8 Å².